The number of rotatable bonds is 3. The number of halogens is 6. The second kappa shape index (κ2) is 7.07. The van der Waals surface area contributed by atoms with Gasteiger partial charge in [0, 0.05) is 21.9 Å². The number of fused-ring (bicyclic) bond motifs is 1. The molecular formula is C18H15F6NO2S. The van der Waals surface area contributed by atoms with Crippen molar-refractivity contribution in [3.63, 3.8) is 0 Å². The average Bonchev–Trinajstić information content (AvgIpc) is 2.64. The summed E-state index contributed by atoms with van der Waals surface area (Å²) in [7, 11) is 1.53. The van der Waals surface area contributed by atoms with Gasteiger partial charge in [-0.15, -0.1) is 11.8 Å². The number of aliphatic hydroxyl groups is 1. The summed E-state index contributed by atoms with van der Waals surface area (Å²) in [5.74, 6) is 1.05. The van der Waals surface area contributed by atoms with Gasteiger partial charge in [-0.3, -0.25) is 0 Å². The molecule has 0 bridgehead atoms. The van der Waals surface area contributed by atoms with Crippen molar-refractivity contribution in [2.75, 3.05) is 18.2 Å². The van der Waals surface area contributed by atoms with Gasteiger partial charge >= 0.3 is 12.4 Å². The van der Waals surface area contributed by atoms with E-state index in [-0.39, 0.29) is 10.9 Å². The van der Waals surface area contributed by atoms with Crippen molar-refractivity contribution in [3.8, 4) is 5.75 Å². The van der Waals surface area contributed by atoms with E-state index in [4.69, 9.17) is 4.74 Å². The van der Waals surface area contributed by atoms with Crippen LogP contribution in [-0.4, -0.2) is 30.3 Å². The zero-order valence-electron chi connectivity index (χ0n) is 14.4. The largest absolute Gasteiger partial charge is 0.497 e. The molecule has 3 nitrogen and oxygen atoms in total. The maximum Gasteiger partial charge on any atom is 0.430 e. The van der Waals surface area contributed by atoms with E-state index in [1.807, 2.05) is 12.1 Å². The van der Waals surface area contributed by atoms with Crippen molar-refractivity contribution in [1.29, 1.82) is 0 Å². The predicted octanol–water partition coefficient (Wildman–Crippen LogP) is 5.27. The Bertz CT molecular complexity index is 837. The van der Waals surface area contributed by atoms with Gasteiger partial charge in [-0.25, -0.2) is 0 Å². The van der Waals surface area contributed by atoms with E-state index in [1.54, 1.807) is 12.1 Å². The van der Waals surface area contributed by atoms with Crippen molar-refractivity contribution in [2.45, 2.75) is 28.9 Å². The molecule has 2 N–H and O–H groups in total. The predicted molar refractivity (Wildman–Crippen MR) is 92.5 cm³/mol. The molecule has 28 heavy (non-hydrogen) atoms. The highest BCUT2D eigenvalue weighted by Gasteiger charge is 2.71. The van der Waals surface area contributed by atoms with Crippen LogP contribution in [0.4, 0.5) is 32.0 Å². The average molecular weight is 423 g/mol. The molecule has 3 rings (SSSR count). The van der Waals surface area contributed by atoms with E-state index in [9.17, 15) is 31.4 Å². The molecule has 10 heteroatoms. The Morgan fingerprint density at radius 2 is 1.61 bits per heavy atom. The molecule has 1 aliphatic rings. The highest BCUT2D eigenvalue weighted by molar-refractivity contribution is 7.99. The van der Waals surface area contributed by atoms with Crippen LogP contribution in [0.15, 0.2) is 47.4 Å². The second-order valence-electron chi connectivity index (χ2n) is 6.20. The standard InChI is InChI=1S/C18H15F6NO2S/c1-27-12-5-2-10(3-6-12)14-9-28-15-8-11(4-7-13(15)25-14)16(26,17(19,20)21)18(22,23)24/h2-8,14,25-26H,9H2,1H3. The van der Waals surface area contributed by atoms with Crippen LogP contribution in [0.1, 0.15) is 17.2 Å². The second-order valence-corrected chi connectivity index (χ2v) is 7.26. The number of ether oxygens (including phenoxy) is 1. The van der Waals surface area contributed by atoms with Crippen LogP contribution in [-0.2, 0) is 5.60 Å². The Balaban J connectivity index is 1.91. The Labute approximate surface area is 160 Å². The normalized spacial score (nSPS) is 17.6. The lowest BCUT2D eigenvalue weighted by Crippen LogP contribution is -2.53. The van der Waals surface area contributed by atoms with Gasteiger partial charge in [-0.2, -0.15) is 26.3 Å². The van der Waals surface area contributed by atoms with Crippen molar-refractivity contribution in [2.24, 2.45) is 0 Å². The lowest BCUT2D eigenvalue weighted by Gasteiger charge is -2.34. The van der Waals surface area contributed by atoms with Gasteiger partial charge in [0.15, 0.2) is 0 Å². The Morgan fingerprint density at radius 3 is 2.14 bits per heavy atom. The summed E-state index contributed by atoms with van der Waals surface area (Å²) in [5, 5.41) is 12.6. The third-order valence-electron chi connectivity index (χ3n) is 4.47. The van der Waals surface area contributed by atoms with Crippen LogP contribution in [0.3, 0.4) is 0 Å². The summed E-state index contributed by atoms with van der Waals surface area (Å²) in [5.41, 5.74) is -4.90. The number of benzene rings is 2. The molecule has 2 aromatic carbocycles. The number of nitrogens with one attached hydrogen (secondary N) is 1. The number of hydrogen-bond acceptors (Lipinski definition) is 4. The first-order valence-electron chi connectivity index (χ1n) is 8.01. The molecule has 0 amide bonds. The number of hydrogen-bond donors (Lipinski definition) is 2. The van der Waals surface area contributed by atoms with Crippen molar-refractivity contribution >= 4 is 17.4 Å². The molecule has 1 heterocycles. The minimum absolute atomic E-state index is 0.182. The number of anilines is 1. The highest BCUT2D eigenvalue weighted by Crippen LogP contribution is 2.51. The van der Waals surface area contributed by atoms with Gasteiger partial charge in [0.05, 0.1) is 13.2 Å². The molecule has 0 spiro atoms. The topological polar surface area (TPSA) is 41.5 Å². The molecule has 152 valence electrons. The summed E-state index contributed by atoms with van der Waals surface area (Å²) in [6.07, 6.45) is -11.8. The van der Waals surface area contributed by atoms with Crippen LogP contribution in [0.5, 0.6) is 5.75 Å². The maximum absolute atomic E-state index is 13.1. The Hall–Kier alpha value is -2.07. The molecule has 0 saturated heterocycles. The fourth-order valence-electron chi connectivity index (χ4n) is 2.89. The smallest absolute Gasteiger partial charge is 0.430 e. The molecule has 0 aromatic heterocycles. The summed E-state index contributed by atoms with van der Waals surface area (Å²) in [6, 6.07) is 9.47. The van der Waals surface area contributed by atoms with Crippen molar-refractivity contribution in [3.05, 3.63) is 53.6 Å². The SMILES string of the molecule is COc1ccc(C2CSc3cc(C(O)(C(F)(F)F)C(F)(F)F)ccc3N2)cc1. The summed E-state index contributed by atoms with van der Waals surface area (Å²) < 4.78 is 83.4. The first kappa shape index (κ1) is 20.7. The quantitative estimate of drug-likeness (QED) is 0.661. The fourth-order valence-corrected chi connectivity index (χ4v) is 4.01. The van der Waals surface area contributed by atoms with Crippen LogP contribution in [0.2, 0.25) is 0 Å². The van der Waals surface area contributed by atoms with Gasteiger partial charge < -0.3 is 15.2 Å². The number of thioether (sulfide) groups is 1. The maximum atomic E-state index is 13.1. The first-order valence-corrected chi connectivity index (χ1v) is 8.99. The molecule has 1 aliphatic heterocycles. The molecule has 1 unspecified atom stereocenters. The first-order chi connectivity index (χ1) is 13.0. The molecule has 0 radical (unpaired) electrons. The van der Waals surface area contributed by atoms with Gasteiger partial charge in [0.1, 0.15) is 5.75 Å². The van der Waals surface area contributed by atoms with E-state index in [2.05, 4.69) is 5.32 Å². The summed E-state index contributed by atoms with van der Waals surface area (Å²) >= 11 is 1.11. The summed E-state index contributed by atoms with van der Waals surface area (Å²) in [6.45, 7) is 0. The molecule has 2 aromatic rings. The Morgan fingerprint density at radius 1 is 1.00 bits per heavy atom. The van der Waals surface area contributed by atoms with E-state index < -0.39 is 23.5 Å². The van der Waals surface area contributed by atoms with E-state index in [1.165, 1.54) is 7.11 Å². The molecule has 1 atom stereocenters. The van der Waals surface area contributed by atoms with Crippen molar-refractivity contribution in [1.82, 2.24) is 0 Å². The highest BCUT2D eigenvalue weighted by atomic mass is 32.2. The Kier molecular flexibility index (Phi) is 5.22. The van der Waals surface area contributed by atoms with E-state index in [0.717, 1.165) is 29.5 Å². The van der Waals surface area contributed by atoms with Gasteiger partial charge in [-0.1, -0.05) is 18.2 Å². The van der Waals surface area contributed by atoms with Gasteiger partial charge in [0.2, 0.25) is 0 Å². The molecule has 0 saturated carbocycles. The fraction of sp³-hybridized carbons (Fsp3) is 0.333. The molecule has 0 aliphatic carbocycles. The minimum atomic E-state index is -5.90. The minimum Gasteiger partial charge on any atom is -0.497 e. The van der Waals surface area contributed by atoms with Crippen LogP contribution in [0.25, 0.3) is 0 Å². The molecule has 0 fully saturated rings. The monoisotopic (exact) mass is 423 g/mol. The van der Waals surface area contributed by atoms with E-state index >= 15 is 0 Å². The third kappa shape index (κ3) is 3.50. The van der Waals surface area contributed by atoms with E-state index in [0.29, 0.717) is 23.3 Å². The number of alkyl halides is 6. The van der Waals surface area contributed by atoms with Gasteiger partial charge in [0.25, 0.3) is 5.60 Å². The third-order valence-corrected chi connectivity index (χ3v) is 5.62. The zero-order valence-corrected chi connectivity index (χ0v) is 15.2. The lowest BCUT2D eigenvalue weighted by atomic mass is 9.92. The van der Waals surface area contributed by atoms with Crippen LogP contribution in [0, 0.1) is 0 Å². The van der Waals surface area contributed by atoms with Crippen molar-refractivity contribution < 1.29 is 36.2 Å². The lowest BCUT2D eigenvalue weighted by molar-refractivity contribution is -0.376. The summed E-state index contributed by atoms with van der Waals surface area (Å²) in [4.78, 5) is 0.203. The number of methoxy groups -OCH3 is 1. The molecular weight excluding hydrogens is 408 g/mol. The van der Waals surface area contributed by atoms with Crippen LogP contribution >= 0.6 is 11.8 Å². The zero-order chi connectivity index (χ0) is 20.7. The van der Waals surface area contributed by atoms with Gasteiger partial charge in [-0.05, 0) is 29.8 Å². The van der Waals surface area contributed by atoms with Crippen LogP contribution < -0.4 is 10.1 Å².